The van der Waals surface area contributed by atoms with Gasteiger partial charge in [0.2, 0.25) is 0 Å². The highest BCUT2D eigenvalue weighted by Crippen LogP contribution is 2.26. The fourth-order valence-corrected chi connectivity index (χ4v) is 2.87. The zero-order chi connectivity index (χ0) is 13.9. The Morgan fingerprint density at radius 2 is 2.10 bits per heavy atom. The summed E-state index contributed by atoms with van der Waals surface area (Å²) in [5, 5.41) is 10.4. The highest BCUT2D eigenvalue weighted by molar-refractivity contribution is 7.18. The summed E-state index contributed by atoms with van der Waals surface area (Å²) in [6.45, 7) is 0.328. The standard InChI is InChI=1S/C15H9ClN2OS/c16-11-6-5-10(8-17)13(7-11)19-9-15-18-12-3-1-2-4-14(12)20-15/h1-7H,9H2. The molecular formula is C15H9ClN2OS. The van der Waals surface area contributed by atoms with Crippen LogP contribution in [0.4, 0.5) is 0 Å². The molecule has 0 saturated carbocycles. The maximum absolute atomic E-state index is 9.03. The number of ether oxygens (including phenoxy) is 1. The van der Waals surface area contributed by atoms with E-state index in [0.29, 0.717) is 22.9 Å². The number of nitriles is 1. The van der Waals surface area contributed by atoms with E-state index in [0.717, 1.165) is 15.2 Å². The van der Waals surface area contributed by atoms with E-state index >= 15 is 0 Å². The van der Waals surface area contributed by atoms with Crippen molar-refractivity contribution in [3.63, 3.8) is 0 Å². The van der Waals surface area contributed by atoms with Crippen LogP contribution in [0.2, 0.25) is 5.02 Å². The first-order chi connectivity index (χ1) is 9.76. The molecule has 0 unspecified atom stereocenters. The molecule has 1 heterocycles. The smallest absolute Gasteiger partial charge is 0.140 e. The van der Waals surface area contributed by atoms with Gasteiger partial charge in [0.15, 0.2) is 0 Å². The number of benzene rings is 2. The molecule has 5 heteroatoms. The predicted molar refractivity (Wildman–Crippen MR) is 80.1 cm³/mol. The molecule has 0 fully saturated rings. The van der Waals surface area contributed by atoms with Gasteiger partial charge in [0.05, 0.1) is 15.8 Å². The third-order valence-corrected chi connectivity index (χ3v) is 4.00. The fraction of sp³-hybridized carbons (Fsp3) is 0.0667. The van der Waals surface area contributed by atoms with Crippen molar-refractivity contribution in [2.24, 2.45) is 0 Å². The van der Waals surface area contributed by atoms with Gasteiger partial charge in [-0.2, -0.15) is 5.26 Å². The van der Waals surface area contributed by atoms with Crippen molar-refractivity contribution in [3.8, 4) is 11.8 Å². The lowest BCUT2D eigenvalue weighted by molar-refractivity contribution is 0.305. The minimum Gasteiger partial charge on any atom is -0.485 e. The van der Waals surface area contributed by atoms with Crippen LogP contribution in [0.1, 0.15) is 10.6 Å². The van der Waals surface area contributed by atoms with Crippen LogP contribution in [0, 0.1) is 11.3 Å². The lowest BCUT2D eigenvalue weighted by Gasteiger charge is -2.06. The number of halogens is 1. The van der Waals surface area contributed by atoms with E-state index in [1.54, 1.807) is 29.5 Å². The first kappa shape index (κ1) is 12.9. The van der Waals surface area contributed by atoms with Gasteiger partial charge < -0.3 is 4.74 Å². The van der Waals surface area contributed by atoms with Crippen molar-refractivity contribution in [3.05, 3.63) is 58.1 Å². The molecule has 0 saturated heterocycles. The Morgan fingerprint density at radius 1 is 1.25 bits per heavy atom. The van der Waals surface area contributed by atoms with E-state index in [1.807, 2.05) is 24.3 Å². The first-order valence-corrected chi connectivity index (χ1v) is 7.12. The molecule has 20 heavy (non-hydrogen) atoms. The molecule has 0 atom stereocenters. The predicted octanol–water partition coefficient (Wildman–Crippen LogP) is 4.40. The van der Waals surface area contributed by atoms with E-state index in [2.05, 4.69) is 11.1 Å². The van der Waals surface area contributed by atoms with Crippen LogP contribution in [-0.4, -0.2) is 4.98 Å². The average molecular weight is 301 g/mol. The third-order valence-electron chi connectivity index (χ3n) is 2.75. The molecule has 3 rings (SSSR count). The van der Waals surface area contributed by atoms with Crippen molar-refractivity contribution >= 4 is 33.2 Å². The highest BCUT2D eigenvalue weighted by Gasteiger charge is 2.07. The lowest BCUT2D eigenvalue weighted by atomic mass is 10.2. The number of hydrogen-bond acceptors (Lipinski definition) is 4. The molecule has 98 valence electrons. The SMILES string of the molecule is N#Cc1ccc(Cl)cc1OCc1nc2ccccc2s1. The zero-order valence-corrected chi connectivity index (χ0v) is 11.9. The van der Waals surface area contributed by atoms with Crippen molar-refractivity contribution in [1.82, 2.24) is 4.98 Å². The summed E-state index contributed by atoms with van der Waals surface area (Å²) in [4.78, 5) is 4.48. The number of aromatic nitrogens is 1. The Kier molecular flexibility index (Phi) is 3.55. The fourth-order valence-electron chi connectivity index (χ4n) is 1.83. The number of rotatable bonds is 3. The number of thiazole rings is 1. The lowest BCUT2D eigenvalue weighted by Crippen LogP contribution is -1.96. The summed E-state index contributed by atoms with van der Waals surface area (Å²) in [6, 6.07) is 15.0. The second-order valence-electron chi connectivity index (χ2n) is 4.12. The maximum atomic E-state index is 9.03. The molecule has 0 aliphatic heterocycles. The largest absolute Gasteiger partial charge is 0.485 e. The molecular weight excluding hydrogens is 292 g/mol. The van der Waals surface area contributed by atoms with E-state index in [1.165, 1.54) is 0 Å². The van der Waals surface area contributed by atoms with E-state index in [9.17, 15) is 0 Å². The van der Waals surface area contributed by atoms with Crippen LogP contribution in [0.25, 0.3) is 10.2 Å². The van der Waals surface area contributed by atoms with Gasteiger partial charge in [-0.05, 0) is 24.3 Å². The monoisotopic (exact) mass is 300 g/mol. The molecule has 3 nitrogen and oxygen atoms in total. The molecule has 0 aliphatic carbocycles. The summed E-state index contributed by atoms with van der Waals surface area (Å²) in [7, 11) is 0. The Bertz CT molecular complexity index is 774. The average Bonchev–Trinajstić information content (AvgIpc) is 2.88. The van der Waals surface area contributed by atoms with Crippen LogP contribution < -0.4 is 4.74 Å². The van der Waals surface area contributed by atoms with E-state index in [-0.39, 0.29) is 0 Å². The van der Waals surface area contributed by atoms with Gasteiger partial charge in [-0.25, -0.2) is 4.98 Å². The number of nitrogens with zero attached hydrogens (tertiary/aromatic N) is 2. The molecule has 0 spiro atoms. The number of para-hydroxylation sites is 1. The quantitative estimate of drug-likeness (QED) is 0.720. The van der Waals surface area contributed by atoms with E-state index < -0.39 is 0 Å². The summed E-state index contributed by atoms with van der Waals surface area (Å²) in [5.41, 5.74) is 1.43. The van der Waals surface area contributed by atoms with Gasteiger partial charge in [-0.1, -0.05) is 23.7 Å². The van der Waals surface area contributed by atoms with E-state index in [4.69, 9.17) is 21.6 Å². The Balaban J connectivity index is 1.83. The molecule has 3 aromatic rings. The topological polar surface area (TPSA) is 45.9 Å². The molecule has 0 N–H and O–H groups in total. The van der Waals surface area contributed by atoms with Gasteiger partial charge in [0, 0.05) is 11.1 Å². The Morgan fingerprint density at radius 3 is 2.90 bits per heavy atom. The molecule has 0 bridgehead atoms. The molecule has 1 aromatic heterocycles. The maximum Gasteiger partial charge on any atom is 0.140 e. The summed E-state index contributed by atoms with van der Waals surface area (Å²) >= 11 is 7.50. The third kappa shape index (κ3) is 2.60. The van der Waals surface area contributed by atoms with Crippen molar-refractivity contribution in [2.75, 3.05) is 0 Å². The van der Waals surface area contributed by atoms with Gasteiger partial charge >= 0.3 is 0 Å². The molecule has 0 aliphatic rings. The minimum absolute atomic E-state index is 0.328. The highest BCUT2D eigenvalue weighted by atomic mass is 35.5. The normalized spacial score (nSPS) is 10.4. The van der Waals surface area contributed by atoms with Crippen LogP contribution in [0.3, 0.4) is 0 Å². The van der Waals surface area contributed by atoms with Crippen LogP contribution >= 0.6 is 22.9 Å². The second-order valence-corrected chi connectivity index (χ2v) is 5.67. The van der Waals surface area contributed by atoms with Gasteiger partial charge in [0.1, 0.15) is 23.4 Å². The summed E-state index contributed by atoms with van der Waals surface area (Å²) in [6.07, 6.45) is 0. The van der Waals surface area contributed by atoms with Gasteiger partial charge in [-0.3, -0.25) is 0 Å². The molecule has 0 radical (unpaired) electrons. The number of fused-ring (bicyclic) bond motifs is 1. The van der Waals surface area contributed by atoms with Crippen molar-refractivity contribution < 1.29 is 4.74 Å². The Hall–Kier alpha value is -2.09. The van der Waals surface area contributed by atoms with Crippen LogP contribution in [-0.2, 0) is 6.61 Å². The summed E-state index contributed by atoms with van der Waals surface area (Å²) in [5.74, 6) is 0.485. The summed E-state index contributed by atoms with van der Waals surface area (Å²) < 4.78 is 6.79. The van der Waals surface area contributed by atoms with Crippen molar-refractivity contribution in [2.45, 2.75) is 6.61 Å². The number of hydrogen-bond donors (Lipinski definition) is 0. The van der Waals surface area contributed by atoms with Crippen LogP contribution in [0.15, 0.2) is 42.5 Å². The molecule has 2 aromatic carbocycles. The van der Waals surface area contributed by atoms with Gasteiger partial charge in [-0.15, -0.1) is 11.3 Å². The molecule has 0 amide bonds. The minimum atomic E-state index is 0.328. The second kappa shape index (κ2) is 5.49. The zero-order valence-electron chi connectivity index (χ0n) is 10.3. The van der Waals surface area contributed by atoms with Crippen molar-refractivity contribution in [1.29, 1.82) is 5.26 Å². The van der Waals surface area contributed by atoms with Gasteiger partial charge in [0.25, 0.3) is 0 Å². The van der Waals surface area contributed by atoms with Crippen LogP contribution in [0.5, 0.6) is 5.75 Å². The first-order valence-electron chi connectivity index (χ1n) is 5.93. The Labute approximate surface area is 125 Å².